The molecular weight excluding hydrogens is 561 g/mol. The molecule has 12 heteroatoms. The molecule has 3 aromatic heterocycles. The average Bonchev–Trinajstić information content (AvgIpc) is 2.96. The van der Waals surface area contributed by atoms with Crippen LogP contribution in [0.4, 0.5) is 5.82 Å². The number of halogens is 1. The third-order valence-electron chi connectivity index (χ3n) is 7.93. The Balaban J connectivity index is 1.86. The van der Waals surface area contributed by atoms with Gasteiger partial charge in [-0.1, -0.05) is 56.3 Å². The Morgan fingerprint density at radius 2 is 1.88 bits per heavy atom. The zero-order valence-corrected chi connectivity index (χ0v) is 26.1. The van der Waals surface area contributed by atoms with E-state index in [2.05, 4.69) is 16.5 Å². The molecule has 1 aliphatic heterocycles. The number of hydrogen-bond acceptors (Lipinski definition) is 7. The number of hydrogen-bond donors (Lipinski definition) is 0. The Morgan fingerprint density at radius 3 is 2.53 bits per heavy atom. The fourth-order valence-electron chi connectivity index (χ4n) is 5.85. The highest BCUT2D eigenvalue weighted by molar-refractivity contribution is 6.63. The Bertz CT molecular complexity index is 1860. The minimum absolute atomic E-state index is 0.0103. The van der Waals surface area contributed by atoms with Crippen molar-refractivity contribution < 1.29 is 9.59 Å². The van der Waals surface area contributed by atoms with Crippen LogP contribution in [-0.2, 0) is 4.79 Å². The van der Waals surface area contributed by atoms with E-state index < -0.39 is 11.1 Å². The summed E-state index contributed by atoms with van der Waals surface area (Å²) in [7, 11) is 3.50. The number of aryl methyl sites for hydroxylation is 1. The van der Waals surface area contributed by atoms with Crippen molar-refractivity contribution in [3.05, 3.63) is 87.6 Å². The fourth-order valence-corrected chi connectivity index (χ4v) is 6.10. The smallest absolute Gasteiger partial charge is 0.355 e. The lowest BCUT2D eigenvalue weighted by molar-refractivity contribution is -0.127. The molecule has 0 radical (unpaired) electrons. The number of fused-ring (bicyclic) bond motifs is 1. The molecule has 0 saturated carbocycles. The lowest BCUT2D eigenvalue weighted by Gasteiger charge is -2.48. The molecule has 218 valence electrons. The van der Waals surface area contributed by atoms with Crippen molar-refractivity contribution in [1.29, 1.82) is 0 Å². The van der Waals surface area contributed by atoms with Gasteiger partial charge in [0, 0.05) is 42.4 Å². The molecule has 1 saturated heterocycles. The summed E-state index contributed by atoms with van der Waals surface area (Å²) in [6.07, 6.45) is 3.04. The van der Waals surface area contributed by atoms with Gasteiger partial charge < -0.3 is 14.6 Å². The van der Waals surface area contributed by atoms with Crippen LogP contribution in [0.25, 0.3) is 28.0 Å². The Kier molecular flexibility index (Phi) is 8.05. The van der Waals surface area contributed by atoms with Crippen LogP contribution < -0.4 is 10.6 Å². The van der Waals surface area contributed by atoms with Crippen molar-refractivity contribution in [2.75, 3.05) is 24.5 Å². The van der Waals surface area contributed by atoms with Crippen molar-refractivity contribution in [3.8, 4) is 16.9 Å². The molecule has 1 amide bonds. The van der Waals surface area contributed by atoms with E-state index in [1.807, 2.05) is 52.6 Å². The van der Waals surface area contributed by atoms with Crippen LogP contribution in [0.15, 0.2) is 60.0 Å². The van der Waals surface area contributed by atoms with Gasteiger partial charge in [-0.05, 0) is 43.5 Å². The summed E-state index contributed by atoms with van der Waals surface area (Å²) in [5.74, 6) is 0.296. The summed E-state index contributed by atoms with van der Waals surface area (Å²) < 4.78 is 1.51. The molecule has 1 fully saturated rings. The summed E-state index contributed by atoms with van der Waals surface area (Å²) in [4.78, 5) is 57.2. The zero-order chi connectivity index (χ0) is 31.2. The fraction of sp³-hybridized carbons (Fsp3) is 0.290. The first-order valence-electron chi connectivity index (χ1n) is 14.2. The quantitative estimate of drug-likeness (QED) is 0.250. The molecular formula is C31H33B2ClN6O3. The topological polar surface area (TPSA) is 101 Å². The summed E-state index contributed by atoms with van der Waals surface area (Å²) in [5, 5.41) is 0.892. The third-order valence-corrected chi connectivity index (χ3v) is 8.22. The van der Waals surface area contributed by atoms with Crippen LogP contribution in [-0.4, -0.2) is 76.8 Å². The van der Waals surface area contributed by atoms with Crippen molar-refractivity contribution in [1.82, 2.24) is 24.4 Å². The molecule has 5 rings (SSSR count). The highest BCUT2D eigenvalue weighted by Gasteiger charge is 2.37. The number of anilines is 1. The SMILES string of the molecule is BC(=O)c1ccccc1-c1nc2c(cc1Cl)c(N1CCN(C(=O)C=C)C[C@]1(B)C)nc(=O)n2-c1c(C)ccnc1C(C)C. The van der Waals surface area contributed by atoms with Gasteiger partial charge in [0.25, 0.3) is 0 Å². The number of amides is 1. The van der Waals surface area contributed by atoms with Gasteiger partial charge in [0.05, 0.1) is 27.5 Å². The first-order valence-corrected chi connectivity index (χ1v) is 14.6. The first-order chi connectivity index (χ1) is 20.4. The number of pyridine rings is 2. The van der Waals surface area contributed by atoms with E-state index in [4.69, 9.17) is 16.6 Å². The van der Waals surface area contributed by atoms with E-state index in [9.17, 15) is 14.4 Å². The van der Waals surface area contributed by atoms with Crippen molar-refractivity contribution >= 4 is 55.7 Å². The van der Waals surface area contributed by atoms with Crippen LogP contribution in [0, 0.1) is 6.92 Å². The molecule has 0 bridgehead atoms. The maximum Gasteiger partial charge on any atom is 0.355 e. The van der Waals surface area contributed by atoms with E-state index in [0.717, 1.165) is 11.3 Å². The summed E-state index contributed by atoms with van der Waals surface area (Å²) >= 11 is 6.95. The first kappa shape index (κ1) is 30.2. The molecule has 0 spiro atoms. The molecule has 0 N–H and O–H groups in total. The highest BCUT2D eigenvalue weighted by Crippen LogP contribution is 2.37. The van der Waals surface area contributed by atoms with Crippen molar-refractivity contribution in [2.24, 2.45) is 0 Å². The van der Waals surface area contributed by atoms with Gasteiger partial charge in [0.2, 0.25) is 5.91 Å². The Morgan fingerprint density at radius 1 is 1.16 bits per heavy atom. The molecule has 0 aliphatic carbocycles. The predicted molar refractivity (Wildman–Crippen MR) is 176 cm³/mol. The van der Waals surface area contributed by atoms with Crippen molar-refractivity contribution in [3.63, 3.8) is 0 Å². The maximum absolute atomic E-state index is 14.2. The maximum atomic E-state index is 14.2. The second-order valence-electron chi connectivity index (χ2n) is 11.8. The highest BCUT2D eigenvalue weighted by atomic mass is 35.5. The number of nitrogens with zero attached hydrogens (tertiary/aromatic N) is 6. The van der Waals surface area contributed by atoms with Crippen LogP contribution >= 0.6 is 11.6 Å². The average molecular weight is 595 g/mol. The van der Waals surface area contributed by atoms with Gasteiger partial charge in [-0.2, -0.15) is 4.98 Å². The van der Waals surface area contributed by atoms with Crippen LogP contribution in [0.1, 0.15) is 48.3 Å². The molecule has 1 aliphatic rings. The van der Waals surface area contributed by atoms with Gasteiger partial charge in [-0.3, -0.25) is 9.78 Å². The summed E-state index contributed by atoms with van der Waals surface area (Å²) in [6.45, 7) is 12.9. The second-order valence-corrected chi connectivity index (χ2v) is 12.2. The number of piperazine rings is 1. The number of aromatic nitrogens is 4. The summed E-state index contributed by atoms with van der Waals surface area (Å²) in [6, 6.07) is 10.8. The van der Waals surface area contributed by atoms with E-state index in [1.165, 1.54) is 18.5 Å². The second kappa shape index (κ2) is 11.4. The molecule has 9 nitrogen and oxygen atoms in total. The van der Waals surface area contributed by atoms with Crippen molar-refractivity contribution in [2.45, 2.75) is 39.1 Å². The number of benzene rings is 1. The molecule has 0 unspecified atom stereocenters. The van der Waals surface area contributed by atoms with Gasteiger partial charge in [-0.25, -0.2) is 14.3 Å². The van der Waals surface area contributed by atoms with E-state index in [0.29, 0.717) is 64.0 Å². The molecule has 1 atom stereocenters. The lowest BCUT2D eigenvalue weighted by atomic mass is 9.76. The Labute approximate surface area is 257 Å². The van der Waals surface area contributed by atoms with E-state index >= 15 is 0 Å². The Hall–Kier alpha value is -4.24. The lowest BCUT2D eigenvalue weighted by Crippen LogP contribution is -2.63. The van der Waals surface area contributed by atoms with Gasteiger partial charge in [-0.15, -0.1) is 0 Å². The zero-order valence-electron chi connectivity index (χ0n) is 25.3. The monoisotopic (exact) mass is 594 g/mol. The van der Waals surface area contributed by atoms with Gasteiger partial charge in [0.1, 0.15) is 19.3 Å². The van der Waals surface area contributed by atoms with Crippen LogP contribution in [0.5, 0.6) is 0 Å². The van der Waals surface area contributed by atoms with Gasteiger partial charge >= 0.3 is 5.69 Å². The van der Waals surface area contributed by atoms with Crippen LogP contribution in [0.3, 0.4) is 0 Å². The molecule has 1 aromatic carbocycles. The third kappa shape index (κ3) is 5.38. The molecule has 43 heavy (non-hydrogen) atoms. The largest absolute Gasteiger partial charge is 0.355 e. The minimum atomic E-state index is -0.574. The number of carbonyl (C=O) groups is 2. The standard InChI is InChI=1S/C31H33B2ClN6O3/c1-6-23(41)38-13-14-39(31(5,33)16-38)28-21-15-22(34)25(19-9-7-8-10-20(19)27(32)42)36-29(21)40(30(43)37-28)26-18(4)11-12-35-24(26)17(2)3/h6-12,15,17H,1,13-14,16,32-33H2,2-5H3/t31-/m0/s1. The normalized spacial score (nSPS) is 17.0. The number of rotatable bonds is 6. The van der Waals surface area contributed by atoms with Gasteiger partial charge in [0.15, 0.2) is 13.5 Å². The molecule has 4 aromatic rings. The minimum Gasteiger partial charge on any atom is -0.355 e. The van der Waals surface area contributed by atoms with E-state index in [-0.39, 0.29) is 17.5 Å². The predicted octanol–water partition coefficient (Wildman–Crippen LogP) is 2.89. The van der Waals surface area contributed by atoms with Crippen LogP contribution in [0.2, 0.25) is 5.02 Å². The molecule has 4 heterocycles. The number of carbonyl (C=O) groups excluding carboxylic acids is 2. The van der Waals surface area contributed by atoms with E-state index in [1.54, 1.807) is 35.4 Å². The summed E-state index contributed by atoms with van der Waals surface area (Å²) in [5.41, 5.74) is 2.77.